The number of aromatic nitrogens is 2. The summed E-state index contributed by atoms with van der Waals surface area (Å²) in [6.45, 7) is 7.34. The molecule has 0 saturated carbocycles. The van der Waals surface area contributed by atoms with Crippen molar-refractivity contribution in [1.82, 2.24) is 20.2 Å². The van der Waals surface area contributed by atoms with Crippen LogP contribution in [0.5, 0.6) is 0 Å². The second-order valence-corrected chi connectivity index (χ2v) is 9.96. The first-order chi connectivity index (χ1) is 18.8. The zero-order chi connectivity index (χ0) is 29.7. The van der Waals surface area contributed by atoms with Gasteiger partial charge in [-0.05, 0) is 62.9 Å². The molecule has 6 nitrogen and oxygen atoms in total. The molecular formula is C29H34F5N5O. The third kappa shape index (κ3) is 7.51. The summed E-state index contributed by atoms with van der Waals surface area (Å²) in [5.41, 5.74) is 1.21. The Morgan fingerprint density at radius 1 is 1.25 bits per heavy atom. The molecular weight excluding hydrogens is 529 g/mol. The lowest BCUT2D eigenvalue weighted by molar-refractivity contribution is -0.0913. The molecule has 0 bridgehead atoms. The molecule has 11 heteroatoms. The lowest BCUT2D eigenvalue weighted by atomic mass is 9.87. The van der Waals surface area contributed by atoms with Crippen LogP contribution in [0, 0.1) is 12.8 Å². The van der Waals surface area contributed by atoms with Crippen LogP contribution >= 0.6 is 0 Å². The molecule has 1 aliphatic rings. The topological polar surface area (TPSA) is 70.5 Å². The Bertz CT molecular complexity index is 1290. The molecule has 3 rings (SSSR count). The number of allylic oxidation sites excluding steroid dienone is 3. The van der Waals surface area contributed by atoms with Crippen molar-refractivity contribution in [2.45, 2.75) is 65.6 Å². The Balaban J connectivity index is 1.97. The summed E-state index contributed by atoms with van der Waals surface area (Å²) in [7, 11) is 0. The van der Waals surface area contributed by atoms with E-state index >= 15 is 0 Å². The molecule has 2 unspecified atom stereocenters. The Morgan fingerprint density at radius 2 is 1.98 bits per heavy atom. The molecule has 1 saturated heterocycles. The largest absolute Gasteiger partial charge is 0.417 e. The van der Waals surface area contributed by atoms with E-state index in [1.165, 1.54) is 6.92 Å². The van der Waals surface area contributed by atoms with Gasteiger partial charge in [0.1, 0.15) is 11.5 Å². The van der Waals surface area contributed by atoms with Crippen LogP contribution in [0.4, 0.5) is 22.0 Å². The van der Waals surface area contributed by atoms with Gasteiger partial charge in [0, 0.05) is 36.6 Å². The summed E-state index contributed by atoms with van der Waals surface area (Å²) >= 11 is 0. The molecule has 1 N–H and O–H groups in total. The minimum Gasteiger partial charge on any atom is -0.368 e. The van der Waals surface area contributed by atoms with Crippen LogP contribution in [-0.2, 0) is 0 Å². The van der Waals surface area contributed by atoms with Gasteiger partial charge in [0.05, 0.1) is 23.9 Å². The van der Waals surface area contributed by atoms with Crippen molar-refractivity contribution in [1.29, 1.82) is 0 Å². The lowest BCUT2D eigenvalue weighted by Crippen LogP contribution is -2.58. The number of hydrogen-bond acceptors (Lipinski definition) is 5. The van der Waals surface area contributed by atoms with Gasteiger partial charge in [-0.15, -0.1) is 0 Å². The van der Waals surface area contributed by atoms with Gasteiger partial charge < -0.3 is 10.2 Å². The number of piperidine rings is 1. The molecule has 216 valence electrons. The number of nitrogens with zero attached hydrogens (tertiary/aromatic N) is 4. The smallest absolute Gasteiger partial charge is 0.368 e. The first-order valence-corrected chi connectivity index (χ1v) is 13.1. The van der Waals surface area contributed by atoms with E-state index in [-0.39, 0.29) is 18.1 Å². The van der Waals surface area contributed by atoms with Crippen LogP contribution in [0.25, 0.3) is 11.3 Å². The predicted molar refractivity (Wildman–Crippen MR) is 145 cm³/mol. The molecule has 1 aliphatic heterocycles. The summed E-state index contributed by atoms with van der Waals surface area (Å²) < 4.78 is 69.3. The van der Waals surface area contributed by atoms with Gasteiger partial charge in [-0.1, -0.05) is 26.0 Å². The summed E-state index contributed by atoms with van der Waals surface area (Å²) in [6.07, 6.45) is -1.29. The first kappa shape index (κ1) is 30.9. The molecule has 1 amide bonds. The third-order valence-corrected chi connectivity index (χ3v) is 6.90. The zero-order valence-electron chi connectivity index (χ0n) is 23.2. The van der Waals surface area contributed by atoms with Crippen LogP contribution in [0.2, 0.25) is 0 Å². The second kappa shape index (κ2) is 12.7. The Hall–Kier alpha value is -3.63. The molecule has 0 spiro atoms. The molecule has 0 aliphatic carbocycles. The fraction of sp³-hybridized carbons (Fsp3) is 0.448. The standard InChI is InChI=1S/C29H34F5N5O/c1-6-18(3)26(36-15-21(7-2)29(32,33)34)37-16-24-19(4)14-28(30,31)17-39(24)27(40)25-22(12-11-20(5)38-25)23-10-8-9-13-35-23/h7-13,15,19,24,37H,6,14,16-17H2,1-5H3/b21-7+,26-18+,36-15-. The highest BCUT2D eigenvalue weighted by Gasteiger charge is 2.46. The number of aliphatic imine (C=N–C) groups is 1. The van der Waals surface area contributed by atoms with Crippen LogP contribution in [-0.4, -0.2) is 58.2 Å². The minimum atomic E-state index is -4.57. The van der Waals surface area contributed by atoms with Crippen LogP contribution in [0.15, 0.2) is 64.6 Å². The van der Waals surface area contributed by atoms with Crippen molar-refractivity contribution in [3.05, 3.63) is 71.0 Å². The maximum Gasteiger partial charge on any atom is 0.417 e. The number of amides is 1. The third-order valence-electron chi connectivity index (χ3n) is 6.90. The summed E-state index contributed by atoms with van der Waals surface area (Å²) in [6, 6.07) is 7.89. The van der Waals surface area contributed by atoms with E-state index < -0.39 is 48.5 Å². The van der Waals surface area contributed by atoms with E-state index in [2.05, 4.69) is 20.3 Å². The average molecular weight is 564 g/mol. The summed E-state index contributed by atoms with van der Waals surface area (Å²) in [5, 5.41) is 3.04. The molecule has 1 fully saturated rings. The number of likely N-dealkylation sites (tertiary alicyclic amines) is 1. The number of carbonyl (C=O) groups excluding carboxylic acids is 1. The van der Waals surface area contributed by atoms with Crippen molar-refractivity contribution < 1.29 is 26.7 Å². The number of alkyl halides is 5. The highest BCUT2D eigenvalue weighted by atomic mass is 19.4. The van der Waals surface area contributed by atoms with Crippen molar-refractivity contribution in [3.63, 3.8) is 0 Å². The molecule has 2 atom stereocenters. The molecule has 2 aromatic rings. The van der Waals surface area contributed by atoms with Crippen molar-refractivity contribution in [2.75, 3.05) is 13.1 Å². The SMILES string of the molecule is C\C=C(/C=N\C(NCC1C(C)CC(F)(F)CN1C(=O)c1nc(C)ccc1-c1ccccn1)=C(\C)CC)C(F)(F)F. The van der Waals surface area contributed by atoms with Crippen molar-refractivity contribution >= 4 is 12.1 Å². The number of halogens is 5. The van der Waals surface area contributed by atoms with Gasteiger partial charge in [0.25, 0.3) is 11.8 Å². The van der Waals surface area contributed by atoms with Crippen LogP contribution < -0.4 is 5.32 Å². The Labute approximate surface area is 231 Å². The monoisotopic (exact) mass is 563 g/mol. The van der Waals surface area contributed by atoms with E-state index in [0.717, 1.165) is 17.2 Å². The quantitative estimate of drug-likeness (QED) is 0.285. The van der Waals surface area contributed by atoms with Crippen LogP contribution in [0.3, 0.4) is 0 Å². The van der Waals surface area contributed by atoms with Gasteiger partial charge in [-0.25, -0.2) is 18.8 Å². The van der Waals surface area contributed by atoms with Gasteiger partial charge in [0.2, 0.25) is 0 Å². The summed E-state index contributed by atoms with van der Waals surface area (Å²) in [5.74, 6) is -4.22. The van der Waals surface area contributed by atoms with E-state index in [1.807, 2.05) is 6.92 Å². The lowest BCUT2D eigenvalue weighted by Gasteiger charge is -2.43. The number of hydrogen-bond donors (Lipinski definition) is 1. The molecule has 0 aromatic carbocycles. The number of nitrogens with one attached hydrogen (secondary N) is 1. The maximum atomic E-state index is 14.8. The molecule has 40 heavy (non-hydrogen) atoms. The zero-order valence-corrected chi connectivity index (χ0v) is 23.2. The highest BCUT2D eigenvalue weighted by molar-refractivity contribution is 5.99. The van der Waals surface area contributed by atoms with E-state index in [1.54, 1.807) is 57.3 Å². The molecule has 0 radical (unpaired) electrons. The fourth-order valence-corrected chi connectivity index (χ4v) is 4.58. The van der Waals surface area contributed by atoms with Crippen molar-refractivity contribution in [2.24, 2.45) is 10.9 Å². The maximum absolute atomic E-state index is 14.8. The predicted octanol–water partition coefficient (Wildman–Crippen LogP) is 6.75. The number of rotatable bonds is 8. The molecule has 3 heterocycles. The Kier molecular flexibility index (Phi) is 9.81. The second-order valence-electron chi connectivity index (χ2n) is 9.96. The Morgan fingerprint density at radius 3 is 2.58 bits per heavy atom. The fourth-order valence-electron chi connectivity index (χ4n) is 4.58. The minimum absolute atomic E-state index is 0.00886. The van der Waals surface area contributed by atoms with Gasteiger partial charge in [-0.2, -0.15) is 13.2 Å². The van der Waals surface area contributed by atoms with Crippen molar-refractivity contribution in [3.8, 4) is 11.3 Å². The molecule has 2 aromatic heterocycles. The van der Waals surface area contributed by atoms with Gasteiger partial charge in [-0.3, -0.25) is 9.78 Å². The van der Waals surface area contributed by atoms with Gasteiger partial charge >= 0.3 is 6.18 Å². The average Bonchev–Trinajstić information content (AvgIpc) is 2.89. The summed E-state index contributed by atoms with van der Waals surface area (Å²) in [4.78, 5) is 27.8. The van der Waals surface area contributed by atoms with E-state index in [9.17, 15) is 26.7 Å². The van der Waals surface area contributed by atoms with E-state index in [0.29, 0.717) is 28.9 Å². The van der Waals surface area contributed by atoms with Gasteiger partial charge in [0.15, 0.2) is 0 Å². The number of aryl methyl sites for hydroxylation is 1. The number of pyridine rings is 2. The van der Waals surface area contributed by atoms with Crippen LogP contribution in [0.1, 0.15) is 56.7 Å². The first-order valence-electron chi connectivity index (χ1n) is 13.1. The highest BCUT2D eigenvalue weighted by Crippen LogP contribution is 2.36. The van der Waals surface area contributed by atoms with E-state index in [4.69, 9.17) is 0 Å². The normalized spacial score (nSPS) is 20.4. The number of carbonyl (C=O) groups is 1.